The molecule has 0 atom stereocenters. The highest BCUT2D eigenvalue weighted by atomic mass is 16.5. The molecule has 0 amide bonds. The van der Waals surface area contributed by atoms with E-state index in [0.29, 0.717) is 25.7 Å². The molecule has 6 heteroatoms. The smallest absolute Gasteiger partial charge is 0.191 e. The largest absolute Gasteiger partial charge is 0.378 e. The van der Waals surface area contributed by atoms with Crippen molar-refractivity contribution in [3.8, 4) is 5.69 Å². The van der Waals surface area contributed by atoms with Gasteiger partial charge in [-0.25, -0.2) is 9.67 Å². The van der Waals surface area contributed by atoms with E-state index >= 15 is 0 Å². The zero-order valence-corrected chi connectivity index (χ0v) is 11.9. The average molecular weight is 285 g/mol. The first kappa shape index (κ1) is 13.6. The number of para-hydroxylation sites is 1. The predicted octanol–water partition coefficient (Wildman–Crippen LogP) is 1.02. The number of benzene rings is 1. The van der Waals surface area contributed by atoms with Crippen molar-refractivity contribution in [1.82, 2.24) is 14.7 Å². The van der Waals surface area contributed by atoms with E-state index in [2.05, 4.69) is 15.0 Å². The van der Waals surface area contributed by atoms with Gasteiger partial charge in [0.15, 0.2) is 5.96 Å². The lowest BCUT2D eigenvalue weighted by atomic mass is 10.2. The summed E-state index contributed by atoms with van der Waals surface area (Å²) in [5.41, 5.74) is 8.19. The molecule has 0 unspecified atom stereocenters. The minimum absolute atomic E-state index is 0.541. The summed E-state index contributed by atoms with van der Waals surface area (Å²) in [6, 6.07) is 9.98. The fraction of sp³-hybridized carbons (Fsp3) is 0.333. The molecule has 1 fully saturated rings. The molecule has 0 radical (unpaired) electrons. The first-order chi connectivity index (χ1) is 10.3. The Labute approximate surface area is 123 Å². The van der Waals surface area contributed by atoms with E-state index in [1.54, 1.807) is 6.20 Å². The van der Waals surface area contributed by atoms with Crippen LogP contribution in [0.4, 0.5) is 0 Å². The molecule has 2 N–H and O–H groups in total. The molecular weight excluding hydrogens is 266 g/mol. The molecule has 21 heavy (non-hydrogen) atoms. The number of hydrogen-bond donors (Lipinski definition) is 1. The summed E-state index contributed by atoms with van der Waals surface area (Å²) < 4.78 is 7.16. The number of aliphatic imine (C=N–C) groups is 1. The molecule has 3 rings (SSSR count). The molecule has 1 aromatic heterocycles. The van der Waals surface area contributed by atoms with Crippen molar-refractivity contribution >= 4 is 5.96 Å². The summed E-state index contributed by atoms with van der Waals surface area (Å²) in [5, 5.41) is 4.27. The Kier molecular flexibility index (Phi) is 4.16. The Morgan fingerprint density at radius 3 is 2.81 bits per heavy atom. The number of morpholine rings is 1. The third-order valence-corrected chi connectivity index (χ3v) is 3.49. The van der Waals surface area contributed by atoms with Gasteiger partial charge in [0.25, 0.3) is 0 Å². The molecule has 110 valence electrons. The van der Waals surface area contributed by atoms with E-state index < -0.39 is 0 Å². The molecule has 1 aromatic carbocycles. The van der Waals surface area contributed by atoms with Gasteiger partial charge in [0.1, 0.15) is 0 Å². The van der Waals surface area contributed by atoms with Crippen LogP contribution in [-0.4, -0.2) is 46.9 Å². The normalized spacial score (nSPS) is 16.2. The summed E-state index contributed by atoms with van der Waals surface area (Å²) >= 11 is 0. The van der Waals surface area contributed by atoms with Gasteiger partial charge in [-0.15, -0.1) is 0 Å². The van der Waals surface area contributed by atoms with Crippen molar-refractivity contribution in [2.24, 2.45) is 10.7 Å². The summed E-state index contributed by atoms with van der Waals surface area (Å²) in [6.45, 7) is 3.56. The minimum Gasteiger partial charge on any atom is -0.378 e. The maximum atomic E-state index is 6.06. The van der Waals surface area contributed by atoms with Gasteiger partial charge in [-0.05, 0) is 17.7 Å². The molecule has 1 saturated heterocycles. The number of ether oxygens (including phenoxy) is 1. The van der Waals surface area contributed by atoms with Gasteiger partial charge in [0.2, 0.25) is 0 Å². The summed E-state index contributed by atoms with van der Waals surface area (Å²) in [6.07, 6.45) is 3.69. The number of rotatable bonds is 3. The number of nitrogens with two attached hydrogens (primary N) is 1. The lowest BCUT2D eigenvalue weighted by Crippen LogP contribution is -2.44. The standard InChI is InChI=1S/C15H19N5O/c16-15(19-8-10-21-11-9-19)17-12-13-4-1-2-5-14(13)20-7-3-6-18-20/h1-7H,8-12H2,(H2,16,17). The number of guanidine groups is 1. The van der Waals surface area contributed by atoms with Crippen molar-refractivity contribution in [2.45, 2.75) is 6.54 Å². The van der Waals surface area contributed by atoms with E-state index in [-0.39, 0.29) is 0 Å². The molecule has 1 aliphatic rings. The highest BCUT2D eigenvalue weighted by molar-refractivity contribution is 5.78. The first-order valence-electron chi connectivity index (χ1n) is 7.05. The Bertz CT molecular complexity index is 602. The molecule has 0 saturated carbocycles. The van der Waals surface area contributed by atoms with Crippen LogP contribution in [-0.2, 0) is 11.3 Å². The van der Waals surface area contributed by atoms with Crippen molar-refractivity contribution in [3.63, 3.8) is 0 Å². The molecule has 1 aliphatic heterocycles. The zero-order chi connectivity index (χ0) is 14.5. The molecule has 2 aromatic rings. The summed E-state index contributed by atoms with van der Waals surface area (Å²) in [7, 11) is 0. The van der Waals surface area contributed by atoms with Crippen LogP contribution in [0.1, 0.15) is 5.56 Å². The Morgan fingerprint density at radius 2 is 2.05 bits per heavy atom. The topological polar surface area (TPSA) is 68.7 Å². The third kappa shape index (κ3) is 3.22. The second-order valence-electron chi connectivity index (χ2n) is 4.85. The van der Waals surface area contributed by atoms with E-state index in [0.717, 1.165) is 24.3 Å². The van der Waals surface area contributed by atoms with Crippen LogP contribution in [0.15, 0.2) is 47.7 Å². The van der Waals surface area contributed by atoms with Crippen LogP contribution < -0.4 is 5.73 Å². The van der Waals surface area contributed by atoms with Crippen LogP contribution in [0.3, 0.4) is 0 Å². The third-order valence-electron chi connectivity index (χ3n) is 3.49. The van der Waals surface area contributed by atoms with Crippen molar-refractivity contribution in [1.29, 1.82) is 0 Å². The molecule has 0 bridgehead atoms. The van der Waals surface area contributed by atoms with Gasteiger partial charge in [0, 0.05) is 25.5 Å². The number of nitrogens with zero attached hydrogens (tertiary/aromatic N) is 4. The monoisotopic (exact) mass is 285 g/mol. The van der Waals surface area contributed by atoms with Gasteiger partial charge in [0.05, 0.1) is 25.4 Å². The molecule has 0 spiro atoms. The van der Waals surface area contributed by atoms with E-state index in [9.17, 15) is 0 Å². The molecular formula is C15H19N5O. The second-order valence-corrected chi connectivity index (χ2v) is 4.85. The lowest BCUT2D eigenvalue weighted by molar-refractivity contribution is 0.0674. The Hall–Kier alpha value is -2.34. The molecule has 6 nitrogen and oxygen atoms in total. The Balaban J connectivity index is 1.76. The van der Waals surface area contributed by atoms with Gasteiger partial charge in [-0.1, -0.05) is 18.2 Å². The maximum Gasteiger partial charge on any atom is 0.191 e. The first-order valence-corrected chi connectivity index (χ1v) is 7.05. The van der Waals surface area contributed by atoms with Gasteiger partial charge in [-0.2, -0.15) is 5.10 Å². The lowest BCUT2D eigenvalue weighted by Gasteiger charge is -2.27. The fourth-order valence-corrected chi connectivity index (χ4v) is 2.34. The van der Waals surface area contributed by atoms with Gasteiger partial charge in [-0.3, -0.25) is 0 Å². The highest BCUT2D eigenvalue weighted by Gasteiger charge is 2.12. The second kappa shape index (κ2) is 6.41. The van der Waals surface area contributed by atoms with Gasteiger partial charge < -0.3 is 15.4 Å². The molecule has 0 aliphatic carbocycles. The quantitative estimate of drug-likeness (QED) is 0.675. The highest BCUT2D eigenvalue weighted by Crippen LogP contribution is 2.14. The van der Waals surface area contributed by atoms with Crippen LogP contribution in [0.25, 0.3) is 5.69 Å². The van der Waals surface area contributed by atoms with Crippen LogP contribution in [0.5, 0.6) is 0 Å². The summed E-state index contributed by atoms with van der Waals surface area (Å²) in [5.74, 6) is 0.577. The Morgan fingerprint density at radius 1 is 1.24 bits per heavy atom. The van der Waals surface area contributed by atoms with Crippen molar-refractivity contribution < 1.29 is 4.74 Å². The summed E-state index contributed by atoms with van der Waals surface area (Å²) in [4.78, 5) is 6.57. The SMILES string of the molecule is NC(=NCc1ccccc1-n1cccn1)N1CCOCC1. The van der Waals surface area contributed by atoms with Gasteiger partial charge >= 0.3 is 0 Å². The predicted molar refractivity (Wildman–Crippen MR) is 81.3 cm³/mol. The zero-order valence-electron chi connectivity index (χ0n) is 11.9. The van der Waals surface area contributed by atoms with E-state index in [1.165, 1.54) is 0 Å². The van der Waals surface area contributed by atoms with Crippen LogP contribution in [0.2, 0.25) is 0 Å². The fourth-order valence-electron chi connectivity index (χ4n) is 2.34. The van der Waals surface area contributed by atoms with Crippen LogP contribution >= 0.6 is 0 Å². The molecule has 2 heterocycles. The van der Waals surface area contributed by atoms with Crippen molar-refractivity contribution in [2.75, 3.05) is 26.3 Å². The van der Waals surface area contributed by atoms with Crippen LogP contribution in [0, 0.1) is 0 Å². The number of aromatic nitrogens is 2. The maximum absolute atomic E-state index is 6.06. The number of hydrogen-bond acceptors (Lipinski definition) is 3. The van der Waals surface area contributed by atoms with E-state index in [1.807, 2.05) is 41.2 Å². The van der Waals surface area contributed by atoms with Crippen molar-refractivity contribution in [3.05, 3.63) is 48.3 Å². The van der Waals surface area contributed by atoms with E-state index in [4.69, 9.17) is 10.5 Å². The average Bonchev–Trinajstić information content (AvgIpc) is 3.08. The minimum atomic E-state index is 0.541.